The van der Waals surface area contributed by atoms with Gasteiger partial charge in [-0.3, -0.25) is 5.43 Å². The normalized spacial score (nSPS) is 11.0. The van der Waals surface area contributed by atoms with Gasteiger partial charge in [-0.15, -0.1) is 0 Å². The molecule has 48 valence electrons. The summed E-state index contributed by atoms with van der Waals surface area (Å²) >= 11 is 0. The second kappa shape index (κ2) is 4.37. The highest BCUT2D eigenvalue weighted by molar-refractivity contribution is 5.23. The molecule has 8 heavy (non-hydrogen) atoms. The van der Waals surface area contributed by atoms with Crippen LogP contribution in [0.25, 0.3) is 0 Å². The Kier molecular flexibility index (Phi) is 3.94. The topological polar surface area (TPSA) is 24.4 Å². The third-order valence-electron chi connectivity index (χ3n) is 0.952. The Morgan fingerprint density at radius 1 is 2.00 bits per heavy atom. The summed E-state index contributed by atoms with van der Waals surface area (Å²) in [5.41, 5.74) is 3.87. The van der Waals surface area contributed by atoms with E-state index >= 15 is 0 Å². The molecule has 2 heteroatoms. The molecule has 0 unspecified atom stereocenters. The highest BCUT2D eigenvalue weighted by atomic mass is 15.3. The highest BCUT2D eigenvalue weighted by Gasteiger charge is 1.82. The summed E-state index contributed by atoms with van der Waals surface area (Å²) < 4.78 is 0. The molecule has 0 amide bonds. The quantitative estimate of drug-likeness (QED) is 0.438. The summed E-state index contributed by atoms with van der Waals surface area (Å²) in [5.74, 6) is 0. The SMILES string of the molecule is C=NN/C(=C\C)CC.[HH]. The van der Waals surface area contributed by atoms with Gasteiger partial charge in [-0.1, -0.05) is 13.0 Å². The van der Waals surface area contributed by atoms with Gasteiger partial charge in [-0.05, 0) is 13.3 Å². The number of allylic oxidation sites excluding steroid dienone is 2. The van der Waals surface area contributed by atoms with Crippen molar-refractivity contribution in [2.24, 2.45) is 5.10 Å². The van der Waals surface area contributed by atoms with E-state index in [4.69, 9.17) is 0 Å². The average molecular weight is 114 g/mol. The van der Waals surface area contributed by atoms with Gasteiger partial charge in [0.1, 0.15) is 0 Å². The first-order chi connectivity index (χ1) is 3.85. The molecule has 0 aromatic rings. The Balaban J connectivity index is 0. The fraction of sp³-hybridized carbons (Fsp3) is 0.500. The lowest BCUT2D eigenvalue weighted by Gasteiger charge is -1.98. The fourth-order valence-corrected chi connectivity index (χ4v) is 0.449. The van der Waals surface area contributed by atoms with Gasteiger partial charge in [-0.2, -0.15) is 5.10 Å². The van der Waals surface area contributed by atoms with E-state index in [-0.39, 0.29) is 1.43 Å². The summed E-state index contributed by atoms with van der Waals surface area (Å²) in [6.45, 7) is 7.33. The van der Waals surface area contributed by atoms with Crippen LogP contribution in [0.2, 0.25) is 0 Å². The zero-order valence-corrected chi connectivity index (χ0v) is 5.44. The van der Waals surface area contributed by atoms with Crippen LogP contribution in [0.4, 0.5) is 0 Å². The minimum absolute atomic E-state index is 0. The van der Waals surface area contributed by atoms with E-state index in [0.29, 0.717) is 0 Å². The maximum Gasteiger partial charge on any atom is 0.0290 e. The van der Waals surface area contributed by atoms with Crippen LogP contribution in [0.1, 0.15) is 21.7 Å². The molecule has 0 aliphatic heterocycles. The van der Waals surface area contributed by atoms with Crippen molar-refractivity contribution in [3.63, 3.8) is 0 Å². The van der Waals surface area contributed by atoms with Gasteiger partial charge in [0.15, 0.2) is 0 Å². The van der Waals surface area contributed by atoms with Crippen molar-refractivity contribution in [1.29, 1.82) is 0 Å². The minimum atomic E-state index is 0. The lowest BCUT2D eigenvalue weighted by atomic mass is 10.3. The maximum absolute atomic E-state index is 3.51. The molecule has 0 aliphatic rings. The van der Waals surface area contributed by atoms with Crippen molar-refractivity contribution >= 4 is 6.72 Å². The summed E-state index contributed by atoms with van der Waals surface area (Å²) in [4.78, 5) is 0. The molecular formula is C6H14N2. The Bertz CT molecular complexity index is 99.2. The van der Waals surface area contributed by atoms with Crippen molar-refractivity contribution in [2.45, 2.75) is 20.3 Å². The average Bonchev–Trinajstić information content (AvgIpc) is 1.83. The third-order valence-corrected chi connectivity index (χ3v) is 0.952. The summed E-state index contributed by atoms with van der Waals surface area (Å²) in [6.07, 6.45) is 2.96. The molecule has 0 rings (SSSR count). The molecule has 0 spiro atoms. The fourth-order valence-electron chi connectivity index (χ4n) is 0.449. The Hall–Kier alpha value is -0.790. The predicted molar refractivity (Wildman–Crippen MR) is 38.8 cm³/mol. The van der Waals surface area contributed by atoms with E-state index < -0.39 is 0 Å². The van der Waals surface area contributed by atoms with Gasteiger partial charge in [0, 0.05) is 13.8 Å². The first kappa shape index (κ1) is 7.21. The number of hydrogen-bond donors (Lipinski definition) is 1. The first-order valence-corrected chi connectivity index (χ1v) is 2.72. The molecule has 0 saturated heterocycles. The predicted octanol–water partition coefficient (Wildman–Crippen LogP) is 1.75. The van der Waals surface area contributed by atoms with E-state index in [1.54, 1.807) is 0 Å². The Morgan fingerprint density at radius 3 is 2.75 bits per heavy atom. The lowest BCUT2D eigenvalue weighted by Crippen LogP contribution is -2.01. The van der Waals surface area contributed by atoms with Crippen molar-refractivity contribution < 1.29 is 1.43 Å². The van der Waals surface area contributed by atoms with Crippen LogP contribution in [0.5, 0.6) is 0 Å². The van der Waals surface area contributed by atoms with Crippen molar-refractivity contribution in [3.05, 3.63) is 11.8 Å². The summed E-state index contributed by atoms with van der Waals surface area (Å²) in [5, 5.41) is 3.51. The van der Waals surface area contributed by atoms with E-state index in [1.807, 2.05) is 13.0 Å². The van der Waals surface area contributed by atoms with Gasteiger partial charge in [-0.25, -0.2) is 0 Å². The van der Waals surface area contributed by atoms with Crippen LogP contribution in [0.15, 0.2) is 16.9 Å². The van der Waals surface area contributed by atoms with Crippen LogP contribution in [0, 0.1) is 0 Å². The van der Waals surface area contributed by atoms with Crippen LogP contribution < -0.4 is 5.43 Å². The van der Waals surface area contributed by atoms with E-state index in [0.717, 1.165) is 12.1 Å². The van der Waals surface area contributed by atoms with E-state index in [1.165, 1.54) is 0 Å². The van der Waals surface area contributed by atoms with E-state index in [9.17, 15) is 0 Å². The van der Waals surface area contributed by atoms with Crippen LogP contribution >= 0.6 is 0 Å². The molecule has 0 fully saturated rings. The summed E-state index contributed by atoms with van der Waals surface area (Å²) in [7, 11) is 0. The molecule has 2 nitrogen and oxygen atoms in total. The van der Waals surface area contributed by atoms with Crippen LogP contribution in [0.3, 0.4) is 0 Å². The van der Waals surface area contributed by atoms with Gasteiger partial charge in [0.2, 0.25) is 0 Å². The van der Waals surface area contributed by atoms with Crippen LogP contribution in [-0.2, 0) is 0 Å². The van der Waals surface area contributed by atoms with Crippen LogP contribution in [-0.4, -0.2) is 6.72 Å². The number of nitrogens with one attached hydrogen (secondary N) is 1. The molecule has 0 aromatic heterocycles. The largest absolute Gasteiger partial charge is 0.284 e. The molecule has 0 aliphatic carbocycles. The van der Waals surface area contributed by atoms with Gasteiger partial charge >= 0.3 is 0 Å². The second-order valence-electron chi connectivity index (χ2n) is 1.44. The number of rotatable bonds is 3. The molecule has 0 saturated carbocycles. The van der Waals surface area contributed by atoms with Crippen molar-refractivity contribution in [2.75, 3.05) is 0 Å². The second-order valence-corrected chi connectivity index (χ2v) is 1.44. The number of nitrogens with zero attached hydrogens (tertiary/aromatic N) is 1. The third kappa shape index (κ3) is 2.39. The highest BCUT2D eigenvalue weighted by Crippen LogP contribution is 1.92. The molecular weight excluding hydrogens is 100 g/mol. The lowest BCUT2D eigenvalue weighted by molar-refractivity contribution is 0.833. The van der Waals surface area contributed by atoms with Crippen molar-refractivity contribution in [1.82, 2.24) is 5.43 Å². The first-order valence-electron chi connectivity index (χ1n) is 2.72. The Morgan fingerprint density at radius 2 is 2.62 bits per heavy atom. The number of hydrogen-bond acceptors (Lipinski definition) is 2. The standard InChI is InChI=1S/C6H12N2.H2/c1-4-6(5-2)8-7-3;/h4,8H,3,5H2,1-2H3;1H/b6-4-;. The van der Waals surface area contributed by atoms with Crippen molar-refractivity contribution in [3.8, 4) is 0 Å². The molecule has 0 aromatic carbocycles. The van der Waals surface area contributed by atoms with E-state index in [2.05, 4.69) is 24.2 Å². The Labute approximate surface area is 51.8 Å². The van der Waals surface area contributed by atoms with Gasteiger partial charge in [0.05, 0.1) is 0 Å². The molecule has 0 heterocycles. The molecule has 0 bridgehead atoms. The van der Waals surface area contributed by atoms with Gasteiger partial charge < -0.3 is 0 Å². The maximum atomic E-state index is 3.51. The zero-order valence-electron chi connectivity index (χ0n) is 5.44. The molecule has 0 radical (unpaired) electrons. The smallest absolute Gasteiger partial charge is 0.0290 e. The number of hydrazone groups is 1. The zero-order chi connectivity index (χ0) is 6.41. The molecule has 0 atom stereocenters. The monoisotopic (exact) mass is 114 g/mol. The summed E-state index contributed by atoms with van der Waals surface area (Å²) in [6, 6.07) is 0. The minimum Gasteiger partial charge on any atom is -0.284 e. The van der Waals surface area contributed by atoms with Gasteiger partial charge in [0.25, 0.3) is 0 Å². The molecule has 1 N–H and O–H groups in total.